The van der Waals surface area contributed by atoms with Crippen LogP contribution in [0.2, 0.25) is 0 Å². The average Bonchev–Trinajstić information content (AvgIpc) is 3.38. The second-order valence-electron chi connectivity index (χ2n) is 8.79. The number of allylic oxidation sites excluding steroid dienone is 1. The molecule has 2 unspecified atom stereocenters. The molecule has 214 valence electrons. The minimum Gasteiger partial charge on any atom is -0.415 e. The molecule has 1 aliphatic rings. The highest BCUT2D eigenvalue weighted by atomic mass is 19.4. The number of halogens is 6. The predicted octanol–water partition coefficient (Wildman–Crippen LogP) is 5.55. The summed E-state index contributed by atoms with van der Waals surface area (Å²) in [6.07, 6.45) is -8.62. The number of nitro groups is 1. The number of nitrogens with one attached hydrogen (secondary N) is 1. The molecule has 3 aromatic rings. The number of rotatable bonds is 5. The molecule has 10 nitrogen and oxygen atoms in total. The second-order valence-corrected chi connectivity index (χ2v) is 8.79. The molecule has 0 saturated heterocycles. The van der Waals surface area contributed by atoms with Crippen LogP contribution >= 0.6 is 0 Å². The average molecular weight is 573 g/mol. The number of nitrogens with zero attached hydrogens (tertiary/aromatic N) is 4. The number of pyridine rings is 1. The van der Waals surface area contributed by atoms with Crippen molar-refractivity contribution in [1.82, 2.24) is 15.2 Å². The molecule has 2 N–H and O–H groups in total. The Bertz CT molecular complexity index is 1380. The highest BCUT2D eigenvalue weighted by molar-refractivity contribution is 5.68. The van der Waals surface area contributed by atoms with Crippen molar-refractivity contribution in [3.05, 3.63) is 75.7 Å². The Morgan fingerprint density at radius 3 is 2.50 bits per heavy atom. The molecule has 40 heavy (non-hydrogen) atoms. The van der Waals surface area contributed by atoms with Crippen molar-refractivity contribution in [2.45, 2.75) is 49.9 Å². The largest absolute Gasteiger partial charge is 0.426 e. The van der Waals surface area contributed by atoms with Crippen molar-refractivity contribution in [2.24, 2.45) is 0 Å². The lowest BCUT2D eigenvalue weighted by molar-refractivity contribution is -0.384. The molecule has 1 aliphatic heterocycles. The Morgan fingerprint density at radius 1 is 1.15 bits per heavy atom. The van der Waals surface area contributed by atoms with E-state index >= 15 is 0 Å². The molecule has 2 atom stereocenters. The molecule has 0 spiro atoms. The molecule has 16 heteroatoms. The van der Waals surface area contributed by atoms with Crippen molar-refractivity contribution in [3.8, 4) is 11.6 Å². The Labute approximate surface area is 221 Å². The molecule has 0 saturated carbocycles. The number of aromatic nitrogens is 3. The fourth-order valence-corrected chi connectivity index (χ4v) is 4.01. The third-order valence-electron chi connectivity index (χ3n) is 6.08. The number of hydrogen-bond donors (Lipinski definition) is 2. The van der Waals surface area contributed by atoms with E-state index in [1.807, 2.05) is 0 Å². The third-order valence-corrected chi connectivity index (χ3v) is 6.08. The van der Waals surface area contributed by atoms with E-state index in [-0.39, 0.29) is 18.9 Å². The minimum atomic E-state index is -5.13. The maximum Gasteiger partial charge on any atom is 0.426 e. The van der Waals surface area contributed by atoms with Crippen LogP contribution in [0.3, 0.4) is 0 Å². The zero-order valence-electron chi connectivity index (χ0n) is 20.4. The van der Waals surface area contributed by atoms with Gasteiger partial charge in [-0.2, -0.15) is 26.3 Å². The predicted molar refractivity (Wildman–Crippen MR) is 126 cm³/mol. The van der Waals surface area contributed by atoms with Crippen LogP contribution in [-0.4, -0.2) is 44.0 Å². The lowest BCUT2D eigenvalue weighted by Crippen LogP contribution is -2.45. The normalized spacial score (nSPS) is 20.0. The summed E-state index contributed by atoms with van der Waals surface area (Å²) < 4.78 is 96.1. The van der Waals surface area contributed by atoms with E-state index in [1.54, 1.807) is 18.2 Å². The first-order valence-electron chi connectivity index (χ1n) is 11.7. The molecule has 4 rings (SSSR count). The Balaban J connectivity index is 1.92. The fourth-order valence-electron chi connectivity index (χ4n) is 4.01. The zero-order valence-corrected chi connectivity index (χ0v) is 20.4. The summed E-state index contributed by atoms with van der Waals surface area (Å²) >= 11 is 0. The SMILES string of the molecule is O=[N+]([O-])c1cc(C(F)(F)F)c2nc1-c1nnc(o1)C(OCc1ccccc1)(C(F)(F)F)CCC=CCC(CO)N2. The van der Waals surface area contributed by atoms with Gasteiger partial charge in [-0.05, 0) is 24.8 Å². The van der Waals surface area contributed by atoms with Crippen molar-refractivity contribution in [1.29, 1.82) is 0 Å². The maximum absolute atomic E-state index is 14.7. The van der Waals surface area contributed by atoms with Gasteiger partial charge in [-0.25, -0.2) is 4.98 Å². The van der Waals surface area contributed by atoms with Gasteiger partial charge in [-0.1, -0.05) is 42.5 Å². The van der Waals surface area contributed by atoms with Crippen molar-refractivity contribution in [3.63, 3.8) is 0 Å². The van der Waals surface area contributed by atoms with Gasteiger partial charge in [0.25, 0.3) is 11.8 Å². The quantitative estimate of drug-likeness (QED) is 0.174. The van der Waals surface area contributed by atoms with E-state index in [1.165, 1.54) is 24.3 Å². The van der Waals surface area contributed by atoms with Crippen LogP contribution in [-0.2, 0) is 23.1 Å². The lowest BCUT2D eigenvalue weighted by Gasteiger charge is -2.32. The smallest absolute Gasteiger partial charge is 0.415 e. The molecule has 1 aromatic carbocycles. The first-order chi connectivity index (χ1) is 18.9. The van der Waals surface area contributed by atoms with Crippen molar-refractivity contribution < 1.29 is 45.5 Å². The van der Waals surface area contributed by atoms with Gasteiger partial charge in [0, 0.05) is 6.07 Å². The summed E-state index contributed by atoms with van der Waals surface area (Å²) in [6, 6.07) is 7.01. The maximum atomic E-state index is 14.7. The molecule has 2 aromatic heterocycles. The van der Waals surface area contributed by atoms with Gasteiger partial charge >= 0.3 is 18.0 Å². The molecule has 3 heterocycles. The zero-order chi connectivity index (χ0) is 29.1. The van der Waals surface area contributed by atoms with Gasteiger partial charge in [0.05, 0.1) is 24.2 Å². The molecule has 0 fully saturated rings. The molecule has 0 amide bonds. The third kappa shape index (κ3) is 5.91. The molecule has 4 bridgehead atoms. The topological polar surface area (TPSA) is 136 Å². The lowest BCUT2D eigenvalue weighted by atomic mass is 9.95. The number of anilines is 1. The van der Waals surface area contributed by atoms with Gasteiger partial charge in [0.15, 0.2) is 0 Å². The van der Waals surface area contributed by atoms with E-state index in [0.29, 0.717) is 5.56 Å². The van der Waals surface area contributed by atoms with E-state index in [2.05, 4.69) is 20.5 Å². The van der Waals surface area contributed by atoms with Gasteiger partial charge < -0.3 is 19.6 Å². The van der Waals surface area contributed by atoms with E-state index in [4.69, 9.17) is 9.15 Å². The van der Waals surface area contributed by atoms with Crippen LogP contribution in [0.1, 0.15) is 36.3 Å². The number of aliphatic hydroxyl groups is 1. The Hall–Kier alpha value is -4.05. The van der Waals surface area contributed by atoms with Gasteiger partial charge in [0.1, 0.15) is 11.4 Å². The van der Waals surface area contributed by atoms with Crippen LogP contribution in [0.25, 0.3) is 11.6 Å². The van der Waals surface area contributed by atoms with Crippen molar-refractivity contribution >= 4 is 11.5 Å². The van der Waals surface area contributed by atoms with Crippen LogP contribution in [0.4, 0.5) is 37.8 Å². The van der Waals surface area contributed by atoms with E-state index in [0.717, 1.165) is 0 Å². The number of aliphatic hydroxyl groups excluding tert-OH is 1. The molecule has 0 aliphatic carbocycles. The Morgan fingerprint density at radius 2 is 1.88 bits per heavy atom. The van der Waals surface area contributed by atoms with Gasteiger partial charge in [0.2, 0.25) is 11.3 Å². The number of fused-ring (bicyclic) bond motifs is 5. The summed E-state index contributed by atoms with van der Waals surface area (Å²) in [4.78, 5) is 14.2. The first kappa shape index (κ1) is 28.9. The number of benzene rings is 1. The standard InChI is InChI=1S/C24H21F6N5O5/c25-23(26,27)16-11-17(35(37)38)18-20-33-34-21(40-20)22(24(28,29)30,39-13-14-7-3-1-4-8-14)10-6-2-5-9-15(12-36)31-19(16)32-18/h1-5,7-8,11,15,36H,6,9-10,12-13H2,(H,31,32). The van der Waals surface area contributed by atoms with Crippen LogP contribution in [0.5, 0.6) is 0 Å². The first-order valence-corrected chi connectivity index (χ1v) is 11.7. The van der Waals surface area contributed by atoms with Crippen LogP contribution < -0.4 is 5.32 Å². The minimum absolute atomic E-state index is 0.107. The van der Waals surface area contributed by atoms with E-state index < -0.39 is 83.1 Å². The highest BCUT2D eigenvalue weighted by Crippen LogP contribution is 2.47. The summed E-state index contributed by atoms with van der Waals surface area (Å²) in [5.41, 5.74) is -6.46. The molecular weight excluding hydrogens is 552 g/mol. The second kappa shape index (κ2) is 11.2. The fraction of sp³-hybridized carbons (Fsp3) is 0.375. The summed E-state index contributed by atoms with van der Waals surface area (Å²) in [5, 5.41) is 30.7. The van der Waals surface area contributed by atoms with Gasteiger partial charge in [-0.3, -0.25) is 10.1 Å². The highest BCUT2D eigenvalue weighted by Gasteiger charge is 2.61. The van der Waals surface area contributed by atoms with Crippen LogP contribution in [0, 0.1) is 10.1 Å². The van der Waals surface area contributed by atoms with Crippen LogP contribution in [0.15, 0.2) is 53.0 Å². The molecular formula is C24H21F6N5O5. The summed E-state index contributed by atoms with van der Waals surface area (Å²) in [5.74, 6) is -2.95. The number of alkyl halides is 6. The van der Waals surface area contributed by atoms with E-state index in [9.17, 15) is 41.6 Å². The molecule has 0 radical (unpaired) electrons. The Kier molecular flexibility index (Phi) is 8.11. The summed E-state index contributed by atoms with van der Waals surface area (Å²) in [6.45, 7) is -1.21. The van der Waals surface area contributed by atoms with Crippen molar-refractivity contribution in [2.75, 3.05) is 11.9 Å². The number of ether oxygens (including phenoxy) is 1. The summed E-state index contributed by atoms with van der Waals surface area (Å²) in [7, 11) is 0. The van der Waals surface area contributed by atoms with Gasteiger partial charge in [-0.15, -0.1) is 10.2 Å². The monoisotopic (exact) mass is 573 g/mol. The number of hydrogen-bond acceptors (Lipinski definition) is 9.